The van der Waals surface area contributed by atoms with E-state index in [2.05, 4.69) is 53.6 Å². The number of aromatic nitrogens is 1. The summed E-state index contributed by atoms with van der Waals surface area (Å²) in [5, 5.41) is 4.70. The number of anilines is 1. The lowest BCUT2D eigenvalue weighted by molar-refractivity contribution is 1.19. The maximum absolute atomic E-state index is 3.45. The largest absolute Gasteiger partial charge is 0.380 e. The van der Waals surface area contributed by atoms with Gasteiger partial charge in [-0.25, -0.2) is 0 Å². The summed E-state index contributed by atoms with van der Waals surface area (Å²) in [6.07, 6.45) is 1.97. The Balaban J connectivity index is 1.76. The Morgan fingerprint density at radius 1 is 1.18 bits per heavy atom. The van der Waals surface area contributed by atoms with Crippen molar-refractivity contribution in [2.75, 3.05) is 5.32 Å². The van der Waals surface area contributed by atoms with E-state index in [-0.39, 0.29) is 0 Å². The van der Waals surface area contributed by atoms with Gasteiger partial charge in [0.2, 0.25) is 0 Å². The first kappa shape index (κ1) is 10.4. The minimum Gasteiger partial charge on any atom is -0.380 e. The van der Waals surface area contributed by atoms with Crippen molar-refractivity contribution in [2.24, 2.45) is 0 Å². The quantitative estimate of drug-likeness (QED) is 0.709. The molecule has 0 aliphatic carbocycles. The molecule has 3 rings (SSSR count). The Bertz CT molecular complexity index is 636. The van der Waals surface area contributed by atoms with Crippen LogP contribution in [0.1, 0.15) is 9.75 Å². The van der Waals surface area contributed by atoms with Crippen molar-refractivity contribution in [3.63, 3.8) is 0 Å². The van der Waals surface area contributed by atoms with Crippen molar-refractivity contribution in [3.8, 4) is 0 Å². The molecule has 0 amide bonds. The molecule has 3 aromatic rings. The first-order chi connectivity index (χ1) is 8.31. The Labute approximate surface area is 104 Å². The van der Waals surface area contributed by atoms with Gasteiger partial charge in [0.1, 0.15) is 0 Å². The van der Waals surface area contributed by atoms with Crippen molar-refractivity contribution in [3.05, 3.63) is 52.3 Å². The van der Waals surface area contributed by atoms with Crippen LogP contribution in [0, 0.1) is 6.92 Å². The number of H-pyrrole nitrogens is 1. The van der Waals surface area contributed by atoms with Crippen molar-refractivity contribution < 1.29 is 0 Å². The lowest BCUT2D eigenvalue weighted by atomic mass is 10.2. The fourth-order valence-corrected chi connectivity index (χ4v) is 2.76. The monoisotopic (exact) mass is 242 g/mol. The molecule has 0 aliphatic heterocycles. The molecule has 86 valence electrons. The molecule has 0 spiro atoms. The van der Waals surface area contributed by atoms with E-state index in [0.29, 0.717) is 0 Å². The van der Waals surface area contributed by atoms with Gasteiger partial charge in [-0.05, 0) is 42.6 Å². The molecule has 0 unspecified atom stereocenters. The number of hydrogen-bond donors (Lipinski definition) is 2. The predicted molar refractivity (Wildman–Crippen MR) is 74.7 cm³/mol. The molecule has 0 fully saturated rings. The molecule has 0 atom stereocenters. The standard InChI is InChI=1S/C14H14N2S/c1-10-2-5-13(17-10)9-16-12-4-3-11-6-7-15-14(11)8-12/h2-8,15-16H,9H2,1H3. The average Bonchev–Trinajstić information content (AvgIpc) is 2.94. The van der Waals surface area contributed by atoms with Crippen LogP contribution in [0.4, 0.5) is 5.69 Å². The second-order valence-corrected chi connectivity index (χ2v) is 5.52. The molecule has 0 saturated heterocycles. The highest BCUT2D eigenvalue weighted by molar-refractivity contribution is 7.11. The minimum absolute atomic E-state index is 0.894. The zero-order valence-corrected chi connectivity index (χ0v) is 10.5. The van der Waals surface area contributed by atoms with Crippen molar-refractivity contribution in [1.82, 2.24) is 4.98 Å². The lowest BCUT2D eigenvalue weighted by Gasteiger charge is -2.04. The van der Waals surface area contributed by atoms with Crippen LogP contribution in [0.15, 0.2) is 42.6 Å². The molecular formula is C14H14N2S. The smallest absolute Gasteiger partial charge is 0.0494 e. The van der Waals surface area contributed by atoms with Crippen molar-refractivity contribution in [2.45, 2.75) is 13.5 Å². The van der Waals surface area contributed by atoms with Crippen molar-refractivity contribution >= 4 is 27.9 Å². The highest BCUT2D eigenvalue weighted by Gasteiger charge is 1.99. The lowest BCUT2D eigenvalue weighted by Crippen LogP contribution is -1.96. The van der Waals surface area contributed by atoms with Gasteiger partial charge in [0, 0.05) is 33.7 Å². The van der Waals surface area contributed by atoms with Gasteiger partial charge in [-0.1, -0.05) is 6.07 Å². The predicted octanol–water partition coefficient (Wildman–Crippen LogP) is 4.15. The van der Waals surface area contributed by atoms with Crippen LogP contribution in [-0.4, -0.2) is 4.98 Å². The van der Waals surface area contributed by atoms with E-state index in [9.17, 15) is 0 Å². The molecule has 17 heavy (non-hydrogen) atoms. The summed E-state index contributed by atoms with van der Waals surface area (Å²) in [7, 11) is 0. The van der Waals surface area contributed by atoms with Gasteiger partial charge in [0.15, 0.2) is 0 Å². The highest BCUT2D eigenvalue weighted by atomic mass is 32.1. The molecule has 0 aliphatic rings. The number of thiophene rings is 1. The third kappa shape index (κ3) is 2.19. The maximum Gasteiger partial charge on any atom is 0.0494 e. The number of nitrogens with one attached hydrogen (secondary N) is 2. The molecular weight excluding hydrogens is 228 g/mol. The van der Waals surface area contributed by atoms with Crippen LogP contribution in [0.2, 0.25) is 0 Å². The first-order valence-electron chi connectivity index (χ1n) is 5.67. The zero-order chi connectivity index (χ0) is 11.7. The van der Waals surface area contributed by atoms with E-state index in [1.807, 2.05) is 17.5 Å². The summed E-state index contributed by atoms with van der Waals surface area (Å²) < 4.78 is 0. The topological polar surface area (TPSA) is 27.8 Å². The molecule has 0 radical (unpaired) electrons. The number of hydrogen-bond acceptors (Lipinski definition) is 2. The summed E-state index contributed by atoms with van der Waals surface area (Å²) in [5.41, 5.74) is 2.34. The van der Waals surface area contributed by atoms with Gasteiger partial charge >= 0.3 is 0 Å². The van der Waals surface area contributed by atoms with E-state index in [1.54, 1.807) is 0 Å². The summed E-state index contributed by atoms with van der Waals surface area (Å²) in [6, 6.07) is 12.8. The Morgan fingerprint density at radius 3 is 2.94 bits per heavy atom. The fourth-order valence-electron chi connectivity index (χ4n) is 1.93. The summed E-state index contributed by atoms with van der Waals surface area (Å²) in [5.74, 6) is 0. The van der Waals surface area contributed by atoms with Gasteiger partial charge in [-0.3, -0.25) is 0 Å². The average molecular weight is 242 g/mol. The Hall–Kier alpha value is -1.74. The second-order valence-electron chi connectivity index (χ2n) is 4.15. The number of aromatic amines is 1. The van der Waals surface area contributed by atoms with Crippen LogP contribution in [-0.2, 0) is 6.54 Å². The van der Waals surface area contributed by atoms with E-state index in [1.165, 1.54) is 20.7 Å². The van der Waals surface area contributed by atoms with Crippen LogP contribution in [0.5, 0.6) is 0 Å². The third-order valence-corrected chi connectivity index (χ3v) is 3.82. The second kappa shape index (κ2) is 4.26. The number of benzene rings is 1. The Kier molecular flexibility index (Phi) is 2.61. The summed E-state index contributed by atoms with van der Waals surface area (Å²) >= 11 is 1.84. The number of aryl methyl sites for hydroxylation is 1. The van der Waals surface area contributed by atoms with Crippen molar-refractivity contribution in [1.29, 1.82) is 0 Å². The van der Waals surface area contributed by atoms with Crippen LogP contribution < -0.4 is 5.32 Å². The van der Waals surface area contributed by atoms with Gasteiger partial charge in [-0.2, -0.15) is 0 Å². The van der Waals surface area contributed by atoms with E-state index in [0.717, 1.165) is 12.2 Å². The molecule has 3 heteroatoms. The van der Waals surface area contributed by atoms with Crippen LogP contribution in [0.25, 0.3) is 10.9 Å². The minimum atomic E-state index is 0.894. The SMILES string of the molecule is Cc1ccc(CNc2ccc3cc[nH]c3c2)s1. The number of rotatable bonds is 3. The molecule has 2 nitrogen and oxygen atoms in total. The molecule has 1 aromatic carbocycles. The van der Waals surface area contributed by atoms with Gasteiger partial charge in [0.25, 0.3) is 0 Å². The summed E-state index contributed by atoms with van der Waals surface area (Å²) in [4.78, 5) is 5.96. The fraction of sp³-hybridized carbons (Fsp3) is 0.143. The summed E-state index contributed by atoms with van der Waals surface area (Å²) in [6.45, 7) is 3.03. The van der Waals surface area contributed by atoms with Gasteiger partial charge in [0.05, 0.1) is 0 Å². The maximum atomic E-state index is 3.45. The first-order valence-corrected chi connectivity index (χ1v) is 6.49. The molecule has 0 bridgehead atoms. The number of fused-ring (bicyclic) bond motifs is 1. The van der Waals surface area contributed by atoms with Gasteiger partial charge in [-0.15, -0.1) is 11.3 Å². The van der Waals surface area contributed by atoms with Crippen LogP contribution >= 0.6 is 11.3 Å². The van der Waals surface area contributed by atoms with E-state index < -0.39 is 0 Å². The molecule has 2 aromatic heterocycles. The van der Waals surface area contributed by atoms with E-state index in [4.69, 9.17) is 0 Å². The highest BCUT2D eigenvalue weighted by Crippen LogP contribution is 2.20. The van der Waals surface area contributed by atoms with E-state index >= 15 is 0 Å². The normalized spacial score (nSPS) is 10.9. The van der Waals surface area contributed by atoms with Crippen LogP contribution in [0.3, 0.4) is 0 Å². The molecule has 2 N–H and O–H groups in total. The zero-order valence-electron chi connectivity index (χ0n) is 9.66. The Morgan fingerprint density at radius 2 is 2.12 bits per heavy atom. The van der Waals surface area contributed by atoms with Gasteiger partial charge < -0.3 is 10.3 Å². The molecule has 0 saturated carbocycles. The molecule has 2 heterocycles. The third-order valence-electron chi connectivity index (χ3n) is 2.82.